The zero-order valence-corrected chi connectivity index (χ0v) is 13.8. The number of aliphatic hydroxyl groups is 1. The topological polar surface area (TPSA) is 66.4 Å². The van der Waals surface area contributed by atoms with Crippen molar-refractivity contribution in [3.63, 3.8) is 0 Å². The van der Waals surface area contributed by atoms with E-state index in [0.717, 1.165) is 12.8 Å². The number of carbonyl (C=O) groups is 1. The molecule has 0 bridgehead atoms. The van der Waals surface area contributed by atoms with Crippen LogP contribution in [0.5, 0.6) is 0 Å². The molecule has 0 aliphatic heterocycles. The van der Waals surface area contributed by atoms with E-state index in [-0.39, 0.29) is 12.3 Å². The second-order valence-corrected chi connectivity index (χ2v) is 6.90. The number of nitrogens with one attached hydrogen (secondary N) is 1. The van der Waals surface area contributed by atoms with Crippen LogP contribution >= 0.6 is 0 Å². The number of rotatable bonds is 13. The third-order valence-electron chi connectivity index (χ3n) is 3.31. The number of hydrogen-bond donors (Lipinski definition) is 2. The molecule has 1 amide bonds. The molecule has 0 aliphatic carbocycles. The van der Waals surface area contributed by atoms with Crippen LogP contribution in [0.15, 0.2) is 0 Å². The second kappa shape index (κ2) is 13.6. The molecule has 0 aromatic rings. The summed E-state index contributed by atoms with van der Waals surface area (Å²) in [5.74, 6) is 0.0326. The largest absolute Gasteiger partial charge is 0.383 e. The van der Waals surface area contributed by atoms with E-state index in [2.05, 4.69) is 12.2 Å². The number of hydrogen-bond acceptors (Lipinski definition) is 3. The molecule has 120 valence electrons. The standard InChI is InChI=1S/C15H31NO3S/c1-3-4-5-6-7-8-9-10-12-16-15(18)14(17)11-13-20(2)19/h14,17H,3-13H2,1-2H3,(H,16,18)/t14?,20-/m1/s1. The van der Waals surface area contributed by atoms with E-state index in [1.165, 1.54) is 38.5 Å². The molecule has 5 heteroatoms. The summed E-state index contributed by atoms with van der Waals surface area (Å²) >= 11 is 0. The van der Waals surface area contributed by atoms with Gasteiger partial charge in [-0.1, -0.05) is 51.9 Å². The molecule has 0 saturated carbocycles. The van der Waals surface area contributed by atoms with Gasteiger partial charge in [-0.25, -0.2) is 0 Å². The molecule has 2 N–H and O–H groups in total. The van der Waals surface area contributed by atoms with Gasteiger partial charge < -0.3 is 10.4 Å². The molecule has 4 nitrogen and oxygen atoms in total. The molecule has 0 spiro atoms. The first-order valence-electron chi connectivity index (χ1n) is 7.83. The van der Waals surface area contributed by atoms with E-state index in [9.17, 15) is 14.1 Å². The minimum atomic E-state index is -1.02. The highest BCUT2D eigenvalue weighted by molar-refractivity contribution is 7.84. The van der Waals surface area contributed by atoms with E-state index in [1.54, 1.807) is 6.26 Å². The van der Waals surface area contributed by atoms with Crippen LogP contribution in [0.25, 0.3) is 0 Å². The molecule has 0 radical (unpaired) electrons. The van der Waals surface area contributed by atoms with Crippen molar-refractivity contribution in [2.45, 2.75) is 70.8 Å². The van der Waals surface area contributed by atoms with Crippen molar-refractivity contribution in [2.24, 2.45) is 0 Å². The number of aliphatic hydroxyl groups excluding tert-OH is 1. The Morgan fingerprint density at radius 1 is 1.10 bits per heavy atom. The van der Waals surface area contributed by atoms with Crippen LogP contribution in [0.2, 0.25) is 0 Å². The Kier molecular flexibility index (Phi) is 13.3. The summed E-state index contributed by atoms with van der Waals surface area (Å²) in [5.41, 5.74) is 0. The predicted octanol–water partition coefficient (Wildman–Crippen LogP) is 2.37. The third-order valence-corrected chi connectivity index (χ3v) is 4.12. The zero-order chi connectivity index (χ0) is 15.2. The lowest BCUT2D eigenvalue weighted by Crippen LogP contribution is -2.35. The lowest BCUT2D eigenvalue weighted by atomic mass is 10.1. The average Bonchev–Trinajstić information content (AvgIpc) is 2.42. The normalized spacial score (nSPS) is 13.9. The molecule has 0 saturated heterocycles. The van der Waals surface area contributed by atoms with Crippen LogP contribution in [0, 0.1) is 0 Å². The SMILES string of the molecule is CCCCCCCCCCNC(=O)C(O)CC[S@@](C)=O. The first kappa shape index (κ1) is 19.6. The van der Waals surface area contributed by atoms with Crippen molar-refractivity contribution >= 4 is 16.7 Å². The Morgan fingerprint density at radius 2 is 1.65 bits per heavy atom. The van der Waals surface area contributed by atoms with Crippen LogP contribution < -0.4 is 5.32 Å². The smallest absolute Gasteiger partial charge is 0.248 e. The first-order valence-corrected chi connectivity index (χ1v) is 9.56. The fourth-order valence-electron chi connectivity index (χ4n) is 2.00. The van der Waals surface area contributed by atoms with Crippen LogP contribution in [0.1, 0.15) is 64.7 Å². The van der Waals surface area contributed by atoms with Gasteiger partial charge in [0, 0.05) is 29.4 Å². The van der Waals surface area contributed by atoms with Crippen molar-refractivity contribution in [1.29, 1.82) is 0 Å². The minimum absolute atomic E-state index is 0.270. The highest BCUT2D eigenvalue weighted by atomic mass is 32.2. The van der Waals surface area contributed by atoms with Crippen LogP contribution in [0.4, 0.5) is 0 Å². The summed E-state index contributed by atoms with van der Waals surface area (Å²) < 4.78 is 10.9. The predicted molar refractivity (Wildman–Crippen MR) is 85.2 cm³/mol. The number of unbranched alkanes of at least 4 members (excludes halogenated alkanes) is 7. The van der Waals surface area contributed by atoms with Gasteiger partial charge in [0.25, 0.3) is 0 Å². The van der Waals surface area contributed by atoms with Gasteiger partial charge in [-0.05, 0) is 12.8 Å². The molecule has 0 fully saturated rings. The first-order chi connectivity index (χ1) is 9.57. The number of amides is 1. The highest BCUT2D eigenvalue weighted by Gasteiger charge is 2.14. The quantitative estimate of drug-likeness (QED) is 0.513. The molecular weight excluding hydrogens is 274 g/mol. The van der Waals surface area contributed by atoms with Gasteiger partial charge in [0.15, 0.2) is 0 Å². The summed E-state index contributed by atoms with van der Waals surface area (Å²) in [6.45, 7) is 2.84. The third kappa shape index (κ3) is 12.6. The molecule has 0 rings (SSSR count). The maximum atomic E-state index is 11.5. The van der Waals surface area contributed by atoms with E-state index in [4.69, 9.17) is 0 Å². The monoisotopic (exact) mass is 305 g/mol. The molecule has 0 heterocycles. The zero-order valence-electron chi connectivity index (χ0n) is 13.0. The Morgan fingerprint density at radius 3 is 2.20 bits per heavy atom. The molecule has 0 aromatic heterocycles. The van der Waals surface area contributed by atoms with Crippen molar-refractivity contribution in [1.82, 2.24) is 5.32 Å². The van der Waals surface area contributed by atoms with E-state index in [1.807, 2.05) is 0 Å². The minimum Gasteiger partial charge on any atom is -0.383 e. The van der Waals surface area contributed by atoms with E-state index < -0.39 is 16.9 Å². The van der Waals surface area contributed by atoms with Crippen LogP contribution in [-0.4, -0.2) is 39.9 Å². The Hall–Kier alpha value is -0.420. The summed E-state index contributed by atoms with van der Waals surface area (Å²) in [6, 6.07) is 0. The highest BCUT2D eigenvalue weighted by Crippen LogP contribution is 2.07. The van der Waals surface area contributed by atoms with Crippen molar-refractivity contribution < 1.29 is 14.1 Å². The Labute approximate surface area is 126 Å². The van der Waals surface area contributed by atoms with Gasteiger partial charge in [-0.2, -0.15) is 0 Å². The van der Waals surface area contributed by atoms with Crippen LogP contribution in [0.3, 0.4) is 0 Å². The molecular formula is C15H31NO3S. The Bertz CT molecular complexity index is 272. The van der Waals surface area contributed by atoms with Gasteiger partial charge in [0.1, 0.15) is 6.10 Å². The van der Waals surface area contributed by atoms with Crippen molar-refractivity contribution in [2.75, 3.05) is 18.6 Å². The summed E-state index contributed by atoms with van der Waals surface area (Å²) in [5, 5.41) is 12.3. The van der Waals surface area contributed by atoms with Crippen molar-refractivity contribution in [3.8, 4) is 0 Å². The Balaban J connectivity index is 3.36. The van der Waals surface area contributed by atoms with Gasteiger partial charge in [0.05, 0.1) is 0 Å². The van der Waals surface area contributed by atoms with Gasteiger partial charge in [-0.3, -0.25) is 9.00 Å². The molecule has 2 atom stereocenters. The molecule has 0 aromatic carbocycles. The lowest BCUT2D eigenvalue weighted by molar-refractivity contribution is -0.129. The van der Waals surface area contributed by atoms with E-state index >= 15 is 0 Å². The molecule has 0 aliphatic rings. The van der Waals surface area contributed by atoms with Gasteiger partial charge in [0.2, 0.25) is 5.91 Å². The van der Waals surface area contributed by atoms with Gasteiger partial charge in [-0.15, -0.1) is 0 Å². The summed E-state index contributed by atoms with van der Waals surface area (Å²) in [7, 11) is -0.957. The van der Waals surface area contributed by atoms with Crippen molar-refractivity contribution in [3.05, 3.63) is 0 Å². The van der Waals surface area contributed by atoms with Crippen LogP contribution in [-0.2, 0) is 15.6 Å². The molecule has 20 heavy (non-hydrogen) atoms. The summed E-state index contributed by atoms with van der Waals surface area (Å²) in [4.78, 5) is 11.5. The maximum Gasteiger partial charge on any atom is 0.248 e. The summed E-state index contributed by atoms with van der Waals surface area (Å²) in [6.07, 6.45) is 10.7. The average molecular weight is 305 g/mol. The second-order valence-electron chi connectivity index (χ2n) is 5.35. The number of carbonyl (C=O) groups excluding carboxylic acids is 1. The lowest BCUT2D eigenvalue weighted by Gasteiger charge is -2.10. The maximum absolute atomic E-state index is 11.5. The van der Waals surface area contributed by atoms with E-state index in [0.29, 0.717) is 12.3 Å². The fourth-order valence-corrected chi connectivity index (χ4v) is 2.55. The molecule has 1 unspecified atom stereocenters. The van der Waals surface area contributed by atoms with Gasteiger partial charge >= 0.3 is 0 Å². The fraction of sp³-hybridized carbons (Fsp3) is 0.933.